The lowest BCUT2D eigenvalue weighted by Crippen LogP contribution is -2.11. The molecular weight excluding hydrogens is 324 g/mol. The molecule has 0 N–H and O–H groups in total. The molecule has 0 spiro atoms. The van der Waals surface area contributed by atoms with Gasteiger partial charge in [0.25, 0.3) is 0 Å². The van der Waals surface area contributed by atoms with E-state index < -0.39 is 0 Å². The first-order valence-electron chi connectivity index (χ1n) is 5.78. The Morgan fingerprint density at radius 3 is 2.42 bits per heavy atom. The zero-order chi connectivity index (χ0) is 14.2. The van der Waals surface area contributed by atoms with Crippen LogP contribution >= 0.6 is 46.4 Å². The van der Waals surface area contributed by atoms with E-state index in [0.29, 0.717) is 26.5 Å². The van der Waals surface area contributed by atoms with Gasteiger partial charge in [-0.05, 0) is 36.3 Å². The third-order valence-corrected chi connectivity index (χ3v) is 4.57. The Bertz CT molecular complexity index is 561. The molecule has 0 amide bonds. The summed E-state index contributed by atoms with van der Waals surface area (Å²) in [5.74, 6) is -0.0842. The highest BCUT2D eigenvalue weighted by Gasteiger charge is 2.25. The lowest BCUT2D eigenvalue weighted by Gasteiger charge is -2.24. The van der Waals surface area contributed by atoms with Gasteiger partial charge in [-0.3, -0.25) is 0 Å². The minimum atomic E-state index is -0.0842. The molecule has 102 valence electrons. The number of anilines is 1. The van der Waals surface area contributed by atoms with Gasteiger partial charge in [0, 0.05) is 40.8 Å². The molecule has 0 saturated heterocycles. The second-order valence-corrected chi connectivity index (χ2v) is 6.35. The van der Waals surface area contributed by atoms with Crippen LogP contribution in [-0.2, 0) is 0 Å². The lowest BCUT2D eigenvalue weighted by atomic mass is 9.91. The van der Waals surface area contributed by atoms with Gasteiger partial charge in [0.1, 0.15) is 0 Å². The van der Waals surface area contributed by atoms with Gasteiger partial charge < -0.3 is 4.90 Å². The van der Waals surface area contributed by atoms with Crippen LogP contribution in [0.15, 0.2) is 39.4 Å². The van der Waals surface area contributed by atoms with Crippen molar-refractivity contribution >= 4 is 52.1 Å². The fourth-order valence-electron chi connectivity index (χ4n) is 2.04. The van der Waals surface area contributed by atoms with Gasteiger partial charge in [-0.1, -0.05) is 46.4 Å². The summed E-state index contributed by atoms with van der Waals surface area (Å²) < 4.78 is 0. The van der Waals surface area contributed by atoms with E-state index in [1.165, 1.54) is 0 Å². The van der Waals surface area contributed by atoms with E-state index in [9.17, 15) is 0 Å². The van der Waals surface area contributed by atoms with E-state index in [2.05, 4.69) is 0 Å². The van der Waals surface area contributed by atoms with Crippen LogP contribution in [0.4, 0.5) is 5.69 Å². The number of rotatable bonds is 2. The molecule has 19 heavy (non-hydrogen) atoms. The maximum Gasteiger partial charge on any atom is 0.0569 e. The molecular formula is C14H13Cl4N. The average molecular weight is 337 g/mol. The topological polar surface area (TPSA) is 3.24 Å². The first-order chi connectivity index (χ1) is 8.90. The van der Waals surface area contributed by atoms with Gasteiger partial charge in [-0.2, -0.15) is 0 Å². The van der Waals surface area contributed by atoms with Crippen molar-refractivity contribution in [3.8, 4) is 0 Å². The molecule has 1 unspecified atom stereocenters. The Kier molecular flexibility index (Phi) is 4.73. The molecule has 0 bridgehead atoms. The molecule has 1 nitrogen and oxygen atoms in total. The third kappa shape index (κ3) is 3.22. The number of nitrogens with zero attached hydrogens (tertiary/aromatic N) is 1. The van der Waals surface area contributed by atoms with Crippen LogP contribution < -0.4 is 4.90 Å². The minimum absolute atomic E-state index is 0.0842. The Balaban J connectivity index is 2.48. The van der Waals surface area contributed by atoms with Crippen LogP contribution in [0.25, 0.3) is 0 Å². The SMILES string of the molecule is CN(C)c1ccc(Cl)c(C2CC(Cl)=CC(Cl)=C2Cl)c1. The molecule has 0 radical (unpaired) electrons. The van der Waals surface area contributed by atoms with Crippen molar-refractivity contribution in [2.24, 2.45) is 0 Å². The van der Waals surface area contributed by atoms with E-state index in [1.807, 2.05) is 37.2 Å². The second-order valence-electron chi connectivity index (χ2n) is 4.64. The van der Waals surface area contributed by atoms with Crippen LogP contribution in [0.5, 0.6) is 0 Å². The zero-order valence-corrected chi connectivity index (χ0v) is 13.6. The van der Waals surface area contributed by atoms with Gasteiger partial charge in [0.15, 0.2) is 0 Å². The lowest BCUT2D eigenvalue weighted by molar-refractivity contribution is 0.823. The van der Waals surface area contributed by atoms with Crippen molar-refractivity contribution < 1.29 is 0 Å². The Hall–Kier alpha value is -0.340. The first-order valence-corrected chi connectivity index (χ1v) is 7.29. The molecule has 2 rings (SSSR count). The number of benzene rings is 1. The Labute approximate surface area is 133 Å². The zero-order valence-electron chi connectivity index (χ0n) is 10.6. The van der Waals surface area contributed by atoms with Crippen LogP contribution in [0.1, 0.15) is 17.9 Å². The van der Waals surface area contributed by atoms with Gasteiger partial charge in [-0.25, -0.2) is 0 Å². The van der Waals surface area contributed by atoms with Crippen LogP contribution in [-0.4, -0.2) is 14.1 Å². The number of halogens is 4. The maximum atomic E-state index is 6.31. The Morgan fingerprint density at radius 1 is 1.11 bits per heavy atom. The number of hydrogen-bond donors (Lipinski definition) is 0. The maximum absolute atomic E-state index is 6.31. The minimum Gasteiger partial charge on any atom is -0.378 e. The van der Waals surface area contributed by atoms with Crippen molar-refractivity contribution in [1.29, 1.82) is 0 Å². The second kappa shape index (κ2) is 5.97. The first kappa shape index (κ1) is 15.1. The molecule has 1 atom stereocenters. The molecule has 0 heterocycles. The molecule has 0 fully saturated rings. The number of allylic oxidation sites excluding steroid dienone is 4. The summed E-state index contributed by atoms with van der Waals surface area (Å²) >= 11 is 24.8. The van der Waals surface area contributed by atoms with Gasteiger partial charge in [0.2, 0.25) is 0 Å². The summed E-state index contributed by atoms with van der Waals surface area (Å²) in [6, 6.07) is 5.86. The van der Waals surface area contributed by atoms with Crippen LogP contribution in [0, 0.1) is 0 Å². The predicted octanol–water partition coefficient (Wildman–Crippen LogP) is 5.71. The molecule has 0 saturated carbocycles. The summed E-state index contributed by atoms with van der Waals surface area (Å²) in [6.45, 7) is 0. The Morgan fingerprint density at radius 2 is 1.79 bits per heavy atom. The van der Waals surface area contributed by atoms with Crippen molar-refractivity contribution in [3.05, 3.63) is 50.0 Å². The van der Waals surface area contributed by atoms with E-state index in [4.69, 9.17) is 46.4 Å². The van der Waals surface area contributed by atoms with Gasteiger partial charge in [0.05, 0.1) is 5.03 Å². The van der Waals surface area contributed by atoms with Crippen molar-refractivity contribution in [3.63, 3.8) is 0 Å². The predicted molar refractivity (Wildman–Crippen MR) is 85.8 cm³/mol. The normalized spacial score (nSPS) is 19.5. The van der Waals surface area contributed by atoms with Crippen molar-refractivity contribution in [1.82, 2.24) is 0 Å². The summed E-state index contributed by atoms with van der Waals surface area (Å²) in [6.07, 6.45) is 2.30. The van der Waals surface area contributed by atoms with E-state index >= 15 is 0 Å². The molecule has 5 heteroatoms. The smallest absolute Gasteiger partial charge is 0.0569 e. The highest BCUT2D eigenvalue weighted by Crippen LogP contribution is 2.44. The standard InChI is InChI=1S/C14H13Cl4N/c1-19(2)9-3-4-12(16)10(7-9)11-5-8(15)6-13(17)14(11)18/h3-4,6-7,11H,5H2,1-2H3. The number of hydrogen-bond acceptors (Lipinski definition) is 1. The molecule has 1 aliphatic rings. The average Bonchev–Trinajstić information content (AvgIpc) is 2.34. The third-order valence-electron chi connectivity index (χ3n) is 3.09. The summed E-state index contributed by atoms with van der Waals surface area (Å²) in [5, 5.41) is 2.42. The summed E-state index contributed by atoms with van der Waals surface area (Å²) in [4.78, 5) is 2.01. The molecule has 1 aromatic rings. The monoisotopic (exact) mass is 335 g/mol. The van der Waals surface area contributed by atoms with Crippen LogP contribution in [0.2, 0.25) is 5.02 Å². The fourth-order valence-corrected chi connectivity index (χ4v) is 3.12. The summed E-state index contributed by atoms with van der Waals surface area (Å²) in [7, 11) is 3.95. The summed E-state index contributed by atoms with van der Waals surface area (Å²) in [5.41, 5.74) is 2.01. The molecule has 1 aliphatic carbocycles. The van der Waals surface area contributed by atoms with Gasteiger partial charge >= 0.3 is 0 Å². The molecule has 0 aliphatic heterocycles. The van der Waals surface area contributed by atoms with E-state index in [1.54, 1.807) is 6.08 Å². The largest absolute Gasteiger partial charge is 0.378 e. The van der Waals surface area contributed by atoms with Crippen molar-refractivity contribution in [2.75, 3.05) is 19.0 Å². The van der Waals surface area contributed by atoms with E-state index in [-0.39, 0.29) is 5.92 Å². The fraction of sp³-hybridized carbons (Fsp3) is 0.286. The highest BCUT2D eigenvalue weighted by atomic mass is 35.5. The van der Waals surface area contributed by atoms with Crippen molar-refractivity contribution in [2.45, 2.75) is 12.3 Å². The van der Waals surface area contributed by atoms with Gasteiger partial charge in [-0.15, -0.1) is 0 Å². The van der Waals surface area contributed by atoms with E-state index in [0.717, 1.165) is 11.3 Å². The molecule has 0 aromatic heterocycles. The molecule has 1 aromatic carbocycles. The van der Waals surface area contributed by atoms with Crippen LogP contribution in [0.3, 0.4) is 0 Å². The highest BCUT2D eigenvalue weighted by molar-refractivity contribution is 6.42. The quantitative estimate of drug-likeness (QED) is 0.669.